The smallest absolute Gasteiger partial charge is 0.330 e. The normalized spacial score (nSPS) is 30.2. The van der Waals surface area contributed by atoms with Gasteiger partial charge in [0, 0.05) is 13.1 Å². The van der Waals surface area contributed by atoms with E-state index in [0.29, 0.717) is 0 Å². The largest absolute Gasteiger partial charge is 0.333 e. The van der Waals surface area contributed by atoms with Gasteiger partial charge in [0.2, 0.25) is 11.8 Å². The predicted molar refractivity (Wildman–Crippen MR) is 59.8 cm³/mol. The Morgan fingerprint density at radius 2 is 1.88 bits per heavy atom. The molecular weight excluding hydrogens is 222 g/mol. The van der Waals surface area contributed by atoms with E-state index >= 15 is 0 Å². The van der Waals surface area contributed by atoms with E-state index in [-0.39, 0.29) is 19.0 Å². The third kappa shape index (κ3) is 1.63. The van der Waals surface area contributed by atoms with Crippen LogP contribution in [0.5, 0.6) is 0 Å². The fraction of sp³-hybridized carbons (Fsp3) is 0.727. The molecule has 1 unspecified atom stereocenters. The number of nitrogens with zero attached hydrogens (tertiary/aromatic N) is 2. The lowest BCUT2D eigenvalue weighted by Gasteiger charge is -2.41. The van der Waals surface area contributed by atoms with Gasteiger partial charge in [0.25, 0.3) is 0 Å². The molecule has 1 aliphatic heterocycles. The molecule has 1 heterocycles. The molecule has 0 spiro atoms. The van der Waals surface area contributed by atoms with Crippen LogP contribution in [0.25, 0.3) is 0 Å². The van der Waals surface area contributed by atoms with Crippen LogP contribution in [-0.2, 0) is 9.59 Å². The molecular formula is C11H17N3O3. The molecule has 1 saturated heterocycles. The second-order valence-electron chi connectivity index (χ2n) is 4.92. The Morgan fingerprint density at radius 3 is 2.35 bits per heavy atom. The van der Waals surface area contributed by atoms with E-state index in [2.05, 4.69) is 0 Å². The third-order valence-electron chi connectivity index (χ3n) is 3.52. The monoisotopic (exact) mass is 239 g/mol. The van der Waals surface area contributed by atoms with Crippen LogP contribution in [0.1, 0.15) is 26.2 Å². The Hall–Kier alpha value is -1.43. The van der Waals surface area contributed by atoms with Crippen molar-refractivity contribution in [1.82, 2.24) is 9.80 Å². The standard InChI is InChI=1S/C11H17N3O3/c1-11(5-6-12)8(15)13(2)10(17)14(9(11)16)7-3-4-7/h7H,3-6,12H2,1-2H3. The number of hydrogen-bond donors (Lipinski definition) is 1. The van der Waals surface area contributed by atoms with Crippen molar-refractivity contribution in [1.29, 1.82) is 0 Å². The Bertz CT molecular complexity index is 391. The number of imide groups is 2. The Balaban J connectivity index is 2.36. The van der Waals surface area contributed by atoms with Crippen LogP contribution in [-0.4, -0.2) is 47.3 Å². The number of amides is 4. The van der Waals surface area contributed by atoms with Gasteiger partial charge in [-0.2, -0.15) is 0 Å². The molecule has 0 aromatic heterocycles. The highest BCUT2D eigenvalue weighted by Crippen LogP contribution is 2.37. The van der Waals surface area contributed by atoms with Gasteiger partial charge in [0.15, 0.2) is 0 Å². The Labute approximate surface area is 99.7 Å². The van der Waals surface area contributed by atoms with Crippen LogP contribution < -0.4 is 5.73 Å². The third-order valence-corrected chi connectivity index (χ3v) is 3.52. The maximum atomic E-state index is 12.3. The molecule has 17 heavy (non-hydrogen) atoms. The second-order valence-corrected chi connectivity index (χ2v) is 4.92. The summed E-state index contributed by atoms with van der Waals surface area (Å²) in [5.41, 5.74) is 4.28. The molecule has 4 amide bonds. The van der Waals surface area contributed by atoms with Gasteiger partial charge in [0.05, 0.1) is 0 Å². The Morgan fingerprint density at radius 1 is 1.29 bits per heavy atom. The van der Waals surface area contributed by atoms with Crippen molar-refractivity contribution in [2.75, 3.05) is 13.6 Å². The fourth-order valence-corrected chi connectivity index (χ4v) is 2.22. The zero-order valence-electron chi connectivity index (χ0n) is 10.1. The summed E-state index contributed by atoms with van der Waals surface area (Å²) in [5, 5.41) is 0. The van der Waals surface area contributed by atoms with E-state index in [9.17, 15) is 14.4 Å². The van der Waals surface area contributed by atoms with Crippen molar-refractivity contribution in [2.24, 2.45) is 11.1 Å². The van der Waals surface area contributed by atoms with E-state index in [1.807, 2.05) is 0 Å². The first kappa shape index (κ1) is 12.0. The van der Waals surface area contributed by atoms with E-state index in [1.165, 1.54) is 11.9 Å². The summed E-state index contributed by atoms with van der Waals surface area (Å²) < 4.78 is 0. The maximum Gasteiger partial charge on any atom is 0.333 e. The van der Waals surface area contributed by atoms with Crippen molar-refractivity contribution in [3.63, 3.8) is 0 Å². The number of carbonyl (C=O) groups is 3. The van der Waals surface area contributed by atoms with E-state index in [1.54, 1.807) is 6.92 Å². The lowest BCUT2D eigenvalue weighted by molar-refractivity contribution is -0.157. The summed E-state index contributed by atoms with van der Waals surface area (Å²) >= 11 is 0. The highest BCUT2D eigenvalue weighted by Gasteiger charge is 2.55. The van der Waals surface area contributed by atoms with Crippen molar-refractivity contribution < 1.29 is 14.4 Å². The zero-order chi connectivity index (χ0) is 12.8. The van der Waals surface area contributed by atoms with Gasteiger partial charge in [0.1, 0.15) is 5.41 Å². The lowest BCUT2D eigenvalue weighted by Crippen LogP contribution is -2.64. The summed E-state index contributed by atoms with van der Waals surface area (Å²) in [7, 11) is 1.42. The molecule has 2 fully saturated rings. The molecule has 2 aliphatic rings. The molecule has 1 aliphatic carbocycles. The Kier molecular flexibility index (Phi) is 2.69. The molecule has 6 nitrogen and oxygen atoms in total. The minimum absolute atomic E-state index is 0.0253. The molecule has 2 N–H and O–H groups in total. The molecule has 94 valence electrons. The first-order valence-corrected chi connectivity index (χ1v) is 5.79. The summed E-state index contributed by atoms with van der Waals surface area (Å²) in [6, 6.07) is -0.528. The number of barbiturate groups is 1. The van der Waals surface area contributed by atoms with Gasteiger partial charge in [-0.05, 0) is 32.7 Å². The topological polar surface area (TPSA) is 83.7 Å². The van der Waals surface area contributed by atoms with Crippen LogP contribution in [0, 0.1) is 5.41 Å². The number of rotatable bonds is 3. The van der Waals surface area contributed by atoms with Crippen molar-refractivity contribution in [3.05, 3.63) is 0 Å². The second kappa shape index (κ2) is 3.80. The van der Waals surface area contributed by atoms with E-state index in [4.69, 9.17) is 5.73 Å². The molecule has 1 saturated carbocycles. The first-order valence-electron chi connectivity index (χ1n) is 5.79. The SMILES string of the molecule is CN1C(=O)N(C2CC2)C(=O)C(C)(CCN)C1=O. The molecule has 6 heteroatoms. The molecule has 0 bridgehead atoms. The predicted octanol–water partition coefficient (Wildman–Crippen LogP) is -0.0755. The van der Waals surface area contributed by atoms with Crippen LogP contribution in [0.3, 0.4) is 0 Å². The van der Waals surface area contributed by atoms with Crippen LogP contribution in [0.4, 0.5) is 4.79 Å². The summed E-state index contributed by atoms with van der Waals surface area (Å²) in [6.45, 7) is 1.82. The first-order chi connectivity index (χ1) is 7.93. The van der Waals surface area contributed by atoms with Gasteiger partial charge < -0.3 is 5.73 Å². The quantitative estimate of drug-likeness (QED) is 0.698. The van der Waals surface area contributed by atoms with Gasteiger partial charge in [-0.25, -0.2) is 4.79 Å². The minimum atomic E-state index is -1.18. The van der Waals surface area contributed by atoms with Crippen LogP contribution in [0.15, 0.2) is 0 Å². The van der Waals surface area contributed by atoms with E-state index in [0.717, 1.165) is 17.7 Å². The lowest BCUT2D eigenvalue weighted by atomic mass is 9.82. The van der Waals surface area contributed by atoms with Crippen molar-refractivity contribution >= 4 is 17.8 Å². The highest BCUT2D eigenvalue weighted by molar-refractivity contribution is 6.18. The molecule has 1 atom stereocenters. The number of hydrogen-bond acceptors (Lipinski definition) is 4. The van der Waals surface area contributed by atoms with Gasteiger partial charge in [-0.1, -0.05) is 0 Å². The zero-order valence-corrected chi connectivity index (χ0v) is 10.1. The summed E-state index contributed by atoms with van der Waals surface area (Å²) in [5.74, 6) is -0.839. The number of urea groups is 1. The van der Waals surface area contributed by atoms with Crippen molar-refractivity contribution in [3.8, 4) is 0 Å². The fourth-order valence-electron chi connectivity index (χ4n) is 2.22. The van der Waals surface area contributed by atoms with Gasteiger partial charge >= 0.3 is 6.03 Å². The molecule has 0 radical (unpaired) electrons. The van der Waals surface area contributed by atoms with Crippen LogP contribution in [0.2, 0.25) is 0 Å². The average Bonchev–Trinajstić information content (AvgIpc) is 3.10. The highest BCUT2D eigenvalue weighted by atomic mass is 16.2. The van der Waals surface area contributed by atoms with Gasteiger partial charge in [-0.3, -0.25) is 19.4 Å². The minimum Gasteiger partial charge on any atom is -0.330 e. The summed E-state index contributed by atoms with van der Waals surface area (Å²) in [4.78, 5) is 38.5. The molecule has 2 rings (SSSR count). The number of carbonyl (C=O) groups excluding carboxylic acids is 3. The maximum absolute atomic E-state index is 12.3. The van der Waals surface area contributed by atoms with Crippen molar-refractivity contribution in [2.45, 2.75) is 32.2 Å². The molecule has 0 aromatic carbocycles. The molecule has 0 aromatic rings. The van der Waals surface area contributed by atoms with Crippen LogP contribution >= 0.6 is 0 Å². The van der Waals surface area contributed by atoms with E-state index < -0.39 is 23.3 Å². The number of nitrogens with two attached hydrogens (primary N) is 1. The van der Waals surface area contributed by atoms with Gasteiger partial charge in [-0.15, -0.1) is 0 Å². The summed E-state index contributed by atoms with van der Waals surface area (Å²) in [6.07, 6.45) is 1.93. The average molecular weight is 239 g/mol.